The van der Waals surface area contributed by atoms with E-state index in [0.29, 0.717) is 31.3 Å². The second-order valence-electron chi connectivity index (χ2n) is 14.6. The van der Waals surface area contributed by atoms with E-state index in [4.69, 9.17) is 19.8 Å². The van der Waals surface area contributed by atoms with Crippen molar-refractivity contribution in [1.29, 1.82) is 0 Å². The van der Waals surface area contributed by atoms with Gasteiger partial charge in [0.1, 0.15) is 17.0 Å². The van der Waals surface area contributed by atoms with Gasteiger partial charge in [0.15, 0.2) is 0 Å². The number of carbonyl (C=O) groups is 2. The van der Waals surface area contributed by atoms with Crippen LogP contribution in [-0.2, 0) is 23.8 Å². The van der Waals surface area contributed by atoms with Crippen LogP contribution in [0.15, 0.2) is 59.5 Å². The molecule has 2 aliphatic heterocycles. The van der Waals surface area contributed by atoms with Gasteiger partial charge >= 0.3 is 12.2 Å². The Balaban J connectivity index is 0.000000927. The number of halogens is 1. The molecule has 2 amide bonds. The van der Waals surface area contributed by atoms with Gasteiger partial charge in [-0.05, 0) is 123 Å². The Labute approximate surface area is 310 Å². The van der Waals surface area contributed by atoms with E-state index < -0.39 is 28.5 Å². The van der Waals surface area contributed by atoms with Crippen molar-refractivity contribution in [3.05, 3.63) is 60.2 Å². The number of ether oxygens (including phenoxy) is 3. The van der Waals surface area contributed by atoms with Crippen molar-refractivity contribution < 1.29 is 43.6 Å². The molecular formula is C39H65FN2O8S. The molecule has 0 N–H and O–H groups in total. The number of nitrogens with zero attached hydrogens (tertiary/aromatic N) is 2. The van der Waals surface area contributed by atoms with Crippen molar-refractivity contribution in [2.45, 2.75) is 111 Å². The highest BCUT2D eigenvalue weighted by atomic mass is 32.2. The van der Waals surface area contributed by atoms with E-state index in [-0.39, 0.29) is 32.5 Å². The molecule has 2 aliphatic rings. The molecule has 2 fully saturated rings. The van der Waals surface area contributed by atoms with Crippen molar-refractivity contribution >= 4 is 22.3 Å². The Morgan fingerprint density at radius 3 is 1.61 bits per heavy atom. The summed E-state index contributed by atoms with van der Waals surface area (Å²) in [7, 11) is -4.71. The molecule has 2 saturated heterocycles. The Morgan fingerprint density at radius 1 is 0.784 bits per heavy atom. The van der Waals surface area contributed by atoms with Gasteiger partial charge in [0, 0.05) is 27.6 Å². The lowest BCUT2D eigenvalue weighted by Crippen LogP contribution is -2.41. The van der Waals surface area contributed by atoms with Crippen molar-refractivity contribution in [2.24, 2.45) is 11.8 Å². The minimum atomic E-state index is -3.71. The largest absolute Gasteiger partial charge is 0.494 e. The van der Waals surface area contributed by atoms with E-state index in [1.807, 2.05) is 83.7 Å². The van der Waals surface area contributed by atoms with Crippen LogP contribution in [0, 0.1) is 18.8 Å². The van der Waals surface area contributed by atoms with Crippen molar-refractivity contribution in [2.75, 3.05) is 46.5 Å². The minimum Gasteiger partial charge on any atom is -0.494 e. The topological polar surface area (TPSA) is 112 Å². The van der Waals surface area contributed by atoms with Crippen LogP contribution in [0.4, 0.5) is 14.0 Å². The molecule has 0 spiro atoms. The fourth-order valence-electron chi connectivity index (χ4n) is 5.42. The fraction of sp³-hybridized carbons (Fsp3) is 0.641. The average Bonchev–Trinajstić information content (AvgIpc) is 3.05. The number of rotatable bonds is 9. The smallest absolute Gasteiger partial charge is 0.410 e. The van der Waals surface area contributed by atoms with Crippen LogP contribution in [-0.4, -0.2) is 88.2 Å². The molecular weight excluding hydrogens is 676 g/mol. The van der Waals surface area contributed by atoms with Gasteiger partial charge in [-0.1, -0.05) is 43.3 Å². The van der Waals surface area contributed by atoms with E-state index in [2.05, 4.69) is 0 Å². The molecule has 0 bridgehead atoms. The summed E-state index contributed by atoms with van der Waals surface area (Å²) in [6.45, 7) is 16.9. The summed E-state index contributed by atoms with van der Waals surface area (Å²) in [6.07, 6.45) is 4.93. The van der Waals surface area contributed by atoms with E-state index >= 15 is 0 Å². The molecule has 0 saturated carbocycles. The molecule has 51 heavy (non-hydrogen) atoms. The maximum absolute atomic E-state index is 12.2. The van der Waals surface area contributed by atoms with Gasteiger partial charge in [0.2, 0.25) is 0 Å². The second-order valence-corrected chi connectivity index (χ2v) is 16.3. The zero-order valence-electron chi connectivity index (χ0n) is 32.0. The van der Waals surface area contributed by atoms with Crippen LogP contribution >= 0.6 is 0 Å². The Bertz CT molecular complexity index is 1410. The zero-order chi connectivity index (χ0) is 38.1. The first kappa shape index (κ1) is 43.8. The standard InChI is InChI=1S/C19H29NO5S.C18H27NO3.CH3F.CH4.H2/c1-15-5-7-17(8-6-15)26(22,23)24-14-11-16-9-12-20(13-10-16)18(21)25-19(2,3)4;1-18(2,3)22-17(20)19-12-9-15(10-13-19)11-14-21-16-7-5-4-6-8-16;1-2;;/h5-8,16H,9-14H2,1-4H3;4-8,15H,9-14H2,1-3H3;1H3;1H4;1H/i;;1D;;1+1. The molecule has 0 atom stereocenters. The quantitative estimate of drug-likeness (QED) is 0.234. The molecule has 0 aliphatic carbocycles. The summed E-state index contributed by atoms with van der Waals surface area (Å²) in [5, 5.41) is 0. The molecule has 292 valence electrons. The van der Waals surface area contributed by atoms with Gasteiger partial charge < -0.3 is 24.0 Å². The number of likely N-dealkylation sites (tertiary alicyclic amines) is 2. The Hall–Kier alpha value is -3.38. The number of piperidine rings is 2. The molecule has 2 aromatic carbocycles. The summed E-state index contributed by atoms with van der Waals surface area (Å²) < 4.78 is 61.5. The lowest BCUT2D eigenvalue weighted by molar-refractivity contribution is 0.0166. The third-order valence-electron chi connectivity index (χ3n) is 8.14. The molecule has 2 aromatic rings. The number of aryl methyl sites for hydroxylation is 1. The van der Waals surface area contributed by atoms with Crippen molar-refractivity contribution in [1.82, 2.24) is 9.80 Å². The number of hydrogen-bond donors (Lipinski definition) is 0. The average molecular weight is 743 g/mol. The second kappa shape index (κ2) is 21.9. The molecule has 0 radical (unpaired) electrons. The number of benzene rings is 2. The fourth-order valence-corrected chi connectivity index (χ4v) is 6.34. The van der Waals surface area contributed by atoms with E-state index in [1.54, 1.807) is 29.2 Å². The Kier molecular flexibility index (Phi) is 18.8. The summed E-state index contributed by atoms with van der Waals surface area (Å²) in [6, 6.07) is 16.5. The van der Waals surface area contributed by atoms with Crippen molar-refractivity contribution in [3.8, 4) is 5.75 Å². The van der Waals surface area contributed by atoms with Gasteiger partial charge in [0.25, 0.3) is 10.1 Å². The lowest BCUT2D eigenvalue weighted by atomic mass is 9.94. The van der Waals surface area contributed by atoms with Crippen LogP contribution in [0.3, 0.4) is 0 Å². The summed E-state index contributed by atoms with van der Waals surface area (Å²) in [5.41, 5.74) is 0.0875. The van der Waals surface area contributed by atoms with E-state index in [1.165, 1.54) is 0 Å². The van der Waals surface area contributed by atoms with Crippen LogP contribution < -0.4 is 4.74 Å². The highest BCUT2D eigenvalue weighted by molar-refractivity contribution is 7.86. The first-order chi connectivity index (χ1) is 23.9. The molecule has 2 heterocycles. The minimum absolute atomic E-state index is 0. The van der Waals surface area contributed by atoms with E-state index in [0.717, 1.165) is 63.1 Å². The van der Waals surface area contributed by atoms with Crippen LogP contribution in [0.25, 0.3) is 0 Å². The summed E-state index contributed by atoms with van der Waals surface area (Å²) >= 11 is 0. The third-order valence-corrected chi connectivity index (χ3v) is 9.47. The maximum atomic E-state index is 12.2. The zero-order valence-corrected chi connectivity index (χ0v) is 31.8. The van der Waals surface area contributed by atoms with Crippen LogP contribution in [0.5, 0.6) is 5.75 Å². The number of amides is 2. The number of hydrogen-bond acceptors (Lipinski definition) is 8. The predicted molar refractivity (Wildman–Crippen MR) is 202 cm³/mol. The predicted octanol–water partition coefficient (Wildman–Crippen LogP) is 9.31. The maximum Gasteiger partial charge on any atom is 0.410 e. The number of alkyl halides is 1. The number of para-hydroxylation sites is 1. The van der Waals surface area contributed by atoms with Gasteiger partial charge in [-0.25, -0.2) is 9.59 Å². The lowest BCUT2D eigenvalue weighted by Gasteiger charge is -2.33. The first-order valence-electron chi connectivity index (χ1n) is 18.1. The normalized spacial score (nSPS) is 15.9. The van der Waals surface area contributed by atoms with Gasteiger partial charge in [0.05, 0.1) is 26.6 Å². The monoisotopic (exact) mass is 742 g/mol. The molecule has 4 rings (SSSR count). The van der Waals surface area contributed by atoms with Crippen molar-refractivity contribution in [3.63, 3.8) is 0 Å². The number of carbonyl (C=O) groups excluding carboxylic acids is 2. The Morgan fingerprint density at radius 2 is 1.20 bits per heavy atom. The van der Waals surface area contributed by atoms with Crippen LogP contribution in [0.1, 0.15) is 95.9 Å². The first-order valence-corrected chi connectivity index (χ1v) is 18.8. The highest BCUT2D eigenvalue weighted by Gasteiger charge is 2.28. The highest BCUT2D eigenvalue weighted by Crippen LogP contribution is 2.24. The molecule has 0 unspecified atom stereocenters. The molecule has 0 aromatic heterocycles. The van der Waals surface area contributed by atoms with Gasteiger partial charge in [-0.2, -0.15) is 8.42 Å². The molecule has 10 nitrogen and oxygen atoms in total. The molecule has 12 heteroatoms. The SMILES string of the molecule is C.CC(C)(C)OC(=O)N1CCC(CCOc2ccccc2)CC1.Cc1ccc(S(=O)(=O)OCCC2CCN(C(=O)OC(C)(C)C)CC2)cc1.[2HH].[2H]CF. The third kappa shape index (κ3) is 18.1. The summed E-state index contributed by atoms with van der Waals surface area (Å²) in [5.74, 6) is 1.90. The summed E-state index contributed by atoms with van der Waals surface area (Å²) in [4.78, 5) is 27.8. The van der Waals surface area contributed by atoms with Gasteiger partial charge in [-0.15, -0.1) is 0 Å². The van der Waals surface area contributed by atoms with Crippen LogP contribution in [0.2, 0.25) is 0 Å². The van der Waals surface area contributed by atoms with Gasteiger partial charge in [-0.3, -0.25) is 8.57 Å². The van der Waals surface area contributed by atoms with E-state index in [9.17, 15) is 22.4 Å².